The van der Waals surface area contributed by atoms with E-state index >= 15 is 0 Å². The molecular formula is C16H27N3. The van der Waals surface area contributed by atoms with E-state index in [1.54, 1.807) is 0 Å². The maximum absolute atomic E-state index is 3.70. The highest BCUT2D eigenvalue weighted by Gasteiger charge is 2.29. The molecule has 0 unspecified atom stereocenters. The van der Waals surface area contributed by atoms with Gasteiger partial charge < -0.3 is 14.8 Å². The molecule has 1 aliphatic heterocycles. The molecule has 2 heterocycles. The Morgan fingerprint density at radius 3 is 2.74 bits per heavy atom. The highest BCUT2D eigenvalue weighted by atomic mass is 15.1. The van der Waals surface area contributed by atoms with E-state index in [2.05, 4.69) is 47.1 Å². The van der Waals surface area contributed by atoms with Gasteiger partial charge in [0.1, 0.15) is 0 Å². The number of hydrogen-bond donors (Lipinski definition) is 1. The summed E-state index contributed by atoms with van der Waals surface area (Å²) in [6.45, 7) is 7.10. The molecule has 0 radical (unpaired) electrons. The minimum Gasteiger partial charge on any atom is -0.347 e. The predicted octanol–water partition coefficient (Wildman–Crippen LogP) is 2.64. The molecule has 0 bridgehead atoms. The Morgan fingerprint density at radius 1 is 1.32 bits per heavy atom. The molecule has 1 saturated carbocycles. The van der Waals surface area contributed by atoms with Gasteiger partial charge in [-0.25, -0.2) is 0 Å². The van der Waals surface area contributed by atoms with Crippen LogP contribution in [-0.4, -0.2) is 36.1 Å². The van der Waals surface area contributed by atoms with Crippen LogP contribution < -0.4 is 5.32 Å². The molecule has 1 saturated heterocycles. The lowest BCUT2D eigenvalue weighted by Gasteiger charge is -2.38. The topological polar surface area (TPSA) is 20.2 Å². The van der Waals surface area contributed by atoms with Gasteiger partial charge in [0, 0.05) is 31.0 Å². The van der Waals surface area contributed by atoms with Gasteiger partial charge in [0.05, 0.1) is 0 Å². The number of piperidine rings is 1. The van der Waals surface area contributed by atoms with Crippen molar-refractivity contribution >= 4 is 0 Å². The molecule has 106 valence electrons. The van der Waals surface area contributed by atoms with E-state index in [1.807, 2.05) is 0 Å². The summed E-state index contributed by atoms with van der Waals surface area (Å²) in [7, 11) is 2.23. The molecule has 3 nitrogen and oxygen atoms in total. The van der Waals surface area contributed by atoms with E-state index in [9.17, 15) is 0 Å². The van der Waals surface area contributed by atoms with Gasteiger partial charge in [-0.05, 0) is 63.4 Å². The van der Waals surface area contributed by atoms with Crippen molar-refractivity contribution in [1.29, 1.82) is 0 Å². The Morgan fingerprint density at radius 2 is 2.05 bits per heavy atom. The monoisotopic (exact) mass is 261 g/mol. The normalized spacial score (nSPS) is 23.7. The first-order valence-corrected chi connectivity index (χ1v) is 7.71. The summed E-state index contributed by atoms with van der Waals surface area (Å²) in [4.78, 5) is 2.44. The fourth-order valence-corrected chi connectivity index (χ4v) is 3.12. The van der Waals surface area contributed by atoms with E-state index in [4.69, 9.17) is 0 Å². The summed E-state index contributed by atoms with van der Waals surface area (Å²) in [6.07, 6.45) is 7.61. The Hall–Kier alpha value is -0.800. The molecule has 0 atom stereocenters. The van der Waals surface area contributed by atoms with E-state index in [-0.39, 0.29) is 0 Å². The second-order valence-electron chi connectivity index (χ2n) is 6.86. The molecule has 0 spiro atoms. The lowest BCUT2D eigenvalue weighted by atomic mass is 9.80. The van der Waals surface area contributed by atoms with Crippen LogP contribution in [0, 0.1) is 5.41 Å². The molecule has 19 heavy (non-hydrogen) atoms. The smallest absolute Gasteiger partial charge is 0.0359 e. The van der Waals surface area contributed by atoms with Gasteiger partial charge in [0.25, 0.3) is 0 Å². The highest BCUT2D eigenvalue weighted by molar-refractivity contribution is 5.10. The number of rotatable bonds is 5. The van der Waals surface area contributed by atoms with Crippen molar-refractivity contribution < 1.29 is 0 Å². The molecule has 0 aromatic carbocycles. The molecule has 1 N–H and O–H groups in total. The second kappa shape index (κ2) is 5.29. The third-order valence-corrected chi connectivity index (χ3v) is 4.86. The summed E-state index contributed by atoms with van der Waals surface area (Å²) >= 11 is 0. The zero-order chi connectivity index (χ0) is 13.3. The fraction of sp³-hybridized carbons (Fsp3) is 0.750. The number of aromatic nitrogens is 1. The van der Waals surface area contributed by atoms with Crippen LogP contribution in [0.15, 0.2) is 18.3 Å². The molecular weight excluding hydrogens is 234 g/mol. The van der Waals surface area contributed by atoms with Crippen LogP contribution in [0.1, 0.15) is 44.3 Å². The maximum atomic E-state index is 3.70. The zero-order valence-corrected chi connectivity index (χ0v) is 12.4. The van der Waals surface area contributed by atoms with Crippen LogP contribution >= 0.6 is 0 Å². The Labute approximate surface area is 117 Å². The van der Waals surface area contributed by atoms with Crippen molar-refractivity contribution in [2.24, 2.45) is 5.41 Å². The van der Waals surface area contributed by atoms with Crippen molar-refractivity contribution in [3.8, 4) is 0 Å². The molecule has 1 aliphatic carbocycles. The van der Waals surface area contributed by atoms with Crippen molar-refractivity contribution in [2.45, 2.75) is 45.2 Å². The SMILES string of the molecule is CN1CCC(C)(CNCc2cccn2C2CC2)CC1. The number of nitrogens with one attached hydrogen (secondary N) is 1. The summed E-state index contributed by atoms with van der Waals surface area (Å²) in [6, 6.07) is 5.25. The summed E-state index contributed by atoms with van der Waals surface area (Å²) in [5.41, 5.74) is 1.95. The highest BCUT2D eigenvalue weighted by Crippen LogP contribution is 2.36. The average molecular weight is 261 g/mol. The van der Waals surface area contributed by atoms with Crippen molar-refractivity contribution in [1.82, 2.24) is 14.8 Å². The molecule has 2 fully saturated rings. The quantitative estimate of drug-likeness (QED) is 0.879. The van der Waals surface area contributed by atoms with Crippen LogP contribution in [0.4, 0.5) is 0 Å². The van der Waals surface area contributed by atoms with Gasteiger partial charge in [-0.15, -0.1) is 0 Å². The van der Waals surface area contributed by atoms with Crippen LogP contribution in [0.25, 0.3) is 0 Å². The van der Waals surface area contributed by atoms with Gasteiger partial charge >= 0.3 is 0 Å². The van der Waals surface area contributed by atoms with Crippen molar-refractivity contribution in [2.75, 3.05) is 26.7 Å². The minimum absolute atomic E-state index is 0.490. The van der Waals surface area contributed by atoms with E-state index in [0.717, 1.165) is 19.1 Å². The van der Waals surface area contributed by atoms with Gasteiger partial charge in [-0.3, -0.25) is 0 Å². The fourth-order valence-electron chi connectivity index (χ4n) is 3.12. The molecule has 3 rings (SSSR count). The standard InChI is InChI=1S/C16H27N3/c1-16(7-10-18(2)11-8-16)13-17-12-15-4-3-9-19(15)14-5-6-14/h3-4,9,14,17H,5-8,10-13H2,1-2H3. The summed E-state index contributed by atoms with van der Waals surface area (Å²) < 4.78 is 2.46. The van der Waals surface area contributed by atoms with E-state index in [0.29, 0.717) is 5.41 Å². The van der Waals surface area contributed by atoms with Gasteiger partial charge in [0.2, 0.25) is 0 Å². The first-order valence-electron chi connectivity index (χ1n) is 7.71. The van der Waals surface area contributed by atoms with Gasteiger partial charge in [0.15, 0.2) is 0 Å². The zero-order valence-electron chi connectivity index (χ0n) is 12.4. The number of likely N-dealkylation sites (tertiary alicyclic amines) is 1. The van der Waals surface area contributed by atoms with E-state index in [1.165, 1.54) is 44.5 Å². The number of nitrogens with zero attached hydrogens (tertiary/aromatic N) is 2. The average Bonchev–Trinajstić information content (AvgIpc) is 3.14. The van der Waals surface area contributed by atoms with Crippen LogP contribution in [0.3, 0.4) is 0 Å². The summed E-state index contributed by atoms with van der Waals surface area (Å²) in [5, 5.41) is 3.70. The molecule has 1 aromatic rings. The molecule has 1 aromatic heterocycles. The minimum atomic E-state index is 0.490. The van der Waals surface area contributed by atoms with Gasteiger partial charge in [-0.1, -0.05) is 6.92 Å². The van der Waals surface area contributed by atoms with Crippen LogP contribution in [0.5, 0.6) is 0 Å². The Kier molecular flexibility index (Phi) is 3.68. The first kappa shape index (κ1) is 13.2. The first-order chi connectivity index (χ1) is 9.16. The predicted molar refractivity (Wildman–Crippen MR) is 79.2 cm³/mol. The van der Waals surface area contributed by atoms with E-state index < -0.39 is 0 Å². The third-order valence-electron chi connectivity index (χ3n) is 4.86. The maximum Gasteiger partial charge on any atom is 0.0359 e. The number of hydrogen-bond acceptors (Lipinski definition) is 2. The Bertz CT molecular complexity index is 411. The molecule has 3 heteroatoms. The third kappa shape index (κ3) is 3.21. The lowest BCUT2D eigenvalue weighted by molar-refractivity contribution is 0.136. The van der Waals surface area contributed by atoms with Crippen molar-refractivity contribution in [3.63, 3.8) is 0 Å². The lowest BCUT2D eigenvalue weighted by Crippen LogP contribution is -2.42. The second-order valence-corrected chi connectivity index (χ2v) is 6.86. The Balaban J connectivity index is 1.48. The largest absolute Gasteiger partial charge is 0.347 e. The van der Waals surface area contributed by atoms with Gasteiger partial charge in [-0.2, -0.15) is 0 Å². The van der Waals surface area contributed by atoms with Crippen LogP contribution in [0.2, 0.25) is 0 Å². The molecule has 0 amide bonds. The molecule has 2 aliphatic rings. The van der Waals surface area contributed by atoms with Crippen molar-refractivity contribution in [3.05, 3.63) is 24.0 Å². The van der Waals surface area contributed by atoms with Crippen LogP contribution in [-0.2, 0) is 6.54 Å². The summed E-state index contributed by atoms with van der Waals surface area (Å²) in [5.74, 6) is 0.